The summed E-state index contributed by atoms with van der Waals surface area (Å²) in [6, 6.07) is 5.18. The third kappa shape index (κ3) is 5.21. The molecule has 1 aliphatic rings. The minimum atomic E-state index is -0.398. The molecule has 0 aromatic heterocycles. The third-order valence-electron chi connectivity index (χ3n) is 5.35. The number of carbonyl (C=O) groups is 1. The predicted octanol–water partition coefficient (Wildman–Crippen LogP) is 3.40. The molecule has 0 radical (unpaired) electrons. The van der Waals surface area contributed by atoms with Gasteiger partial charge in [0.2, 0.25) is 5.91 Å². The standard InChI is InChI=1S/C21H33FN4O/c1-6-23-20(25-16(3)17-10-9-15(2)18(22)13-17)24-14-21(11-7-8-12-21)19(27)26(4)5/h9-10,13,16H,6-8,11-12,14H2,1-5H3,(H2,23,24,25). The summed E-state index contributed by atoms with van der Waals surface area (Å²) >= 11 is 0. The summed E-state index contributed by atoms with van der Waals surface area (Å²) in [6.45, 7) is 6.92. The highest BCUT2D eigenvalue weighted by molar-refractivity contribution is 5.84. The second kappa shape index (κ2) is 9.20. The molecule has 1 unspecified atom stereocenters. The molecule has 0 saturated heterocycles. The minimum absolute atomic E-state index is 0.0954. The van der Waals surface area contributed by atoms with E-state index in [1.165, 1.54) is 0 Å². The average Bonchev–Trinajstić information content (AvgIpc) is 3.11. The zero-order valence-corrected chi connectivity index (χ0v) is 17.2. The Bertz CT molecular complexity index is 681. The van der Waals surface area contributed by atoms with E-state index in [4.69, 9.17) is 4.99 Å². The molecule has 2 rings (SSSR count). The molecule has 0 spiro atoms. The van der Waals surface area contributed by atoms with Crippen molar-refractivity contribution in [3.63, 3.8) is 0 Å². The van der Waals surface area contributed by atoms with E-state index in [-0.39, 0.29) is 17.8 Å². The number of carbonyl (C=O) groups excluding carboxylic acids is 1. The molecule has 5 nitrogen and oxygen atoms in total. The van der Waals surface area contributed by atoms with Crippen LogP contribution in [0.4, 0.5) is 4.39 Å². The fraction of sp³-hybridized carbons (Fsp3) is 0.619. The van der Waals surface area contributed by atoms with E-state index in [2.05, 4.69) is 10.6 Å². The first-order valence-corrected chi connectivity index (χ1v) is 9.82. The van der Waals surface area contributed by atoms with Gasteiger partial charge in [0.1, 0.15) is 5.82 Å². The normalized spacial score (nSPS) is 17.5. The predicted molar refractivity (Wildman–Crippen MR) is 108 cm³/mol. The molecule has 1 aromatic rings. The van der Waals surface area contributed by atoms with E-state index in [1.807, 2.05) is 34.0 Å². The third-order valence-corrected chi connectivity index (χ3v) is 5.35. The van der Waals surface area contributed by atoms with Gasteiger partial charge in [0, 0.05) is 20.6 Å². The molecule has 150 valence electrons. The molecule has 0 heterocycles. The van der Waals surface area contributed by atoms with Crippen LogP contribution >= 0.6 is 0 Å². The van der Waals surface area contributed by atoms with Gasteiger partial charge in [0.25, 0.3) is 0 Å². The number of halogens is 1. The van der Waals surface area contributed by atoms with Crippen molar-refractivity contribution >= 4 is 11.9 Å². The van der Waals surface area contributed by atoms with Gasteiger partial charge in [-0.15, -0.1) is 0 Å². The molecular formula is C21H33FN4O. The van der Waals surface area contributed by atoms with E-state index in [0.717, 1.165) is 37.8 Å². The Morgan fingerprint density at radius 1 is 1.33 bits per heavy atom. The highest BCUT2D eigenvalue weighted by Gasteiger charge is 2.42. The quantitative estimate of drug-likeness (QED) is 0.591. The summed E-state index contributed by atoms with van der Waals surface area (Å²) in [6.07, 6.45) is 3.90. The molecule has 6 heteroatoms. The van der Waals surface area contributed by atoms with Crippen LogP contribution in [0.1, 0.15) is 56.7 Å². The summed E-state index contributed by atoms with van der Waals surface area (Å²) in [4.78, 5) is 19.1. The van der Waals surface area contributed by atoms with Crippen molar-refractivity contribution in [2.45, 2.75) is 52.5 Å². The SMILES string of the molecule is CCNC(=NCC1(C(=O)N(C)C)CCCC1)NC(C)c1ccc(C)c(F)c1. The topological polar surface area (TPSA) is 56.7 Å². The number of guanidine groups is 1. The first-order valence-electron chi connectivity index (χ1n) is 9.82. The van der Waals surface area contributed by atoms with Crippen molar-refractivity contribution in [3.8, 4) is 0 Å². The Morgan fingerprint density at radius 2 is 2.00 bits per heavy atom. The Labute approximate surface area is 162 Å². The number of aliphatic imine (C=N–C) groups is 1. The largest absolute Gasteiger partial charge is 0.357 e. The lowest BCUT2D eigenvalue weighted by Crippen LogP contribution is -2.43. The van der Waals surface area contributed by atoms with E-state index in [9.17, 15) is 9.18 Å². The van der Waals surface area contributed by atoms with Crippen molar-refractivity contribution in [2.24, 2.45) is 10.4 Å². The lowest BCUT2D eigenvalue weighted by atomic mass is 9.85. The van der Waals surface area contributed by atoms with Crippen LogP contribution in [0.2, 0.25) is 0 Å². The molecule has 0 aliphatic heterocycles. The molecule has 1 aromatic carbocycles. The van der Waals surface area contributed by atoms with Crippen LogP contribution < -0.4 is 10.6 Å². The number of hydrogen-bond donors (Lipinski definition) is 2. The highest BCUT2D eigenvalue weighted by Crippen LogP contribution is 2.39. The Kier molecular flexibility index (Phi) is 7.22. The van der Waals surface area contributed by atoms with Gasteiger partial charge in [0.15, 0.2) is 5.96 Å². The molecule has 0 bridgehead atoms. The van der Waals surface area contributed by atoms with Crippen LogP contribution in [0.15, 0.2) is 23.2 Å². The van der Waals surface area contributed by atoms with Crippen molar-refractivity contribution in [3.05, 3.63) is 35.1 Å². The molecule has 1 saturated carbocycles. The van der Waals surface area contributed by atoms with Gasteiger partial charge in [-0.05, 0) is 50.8 Å². The number of amides is 1. The molecule has 1 fully saturated rings. The minimum Gasteiger partial charge on any atom is -0.357 e. The van der Waals surface area contributed by atoms with Gasteiger partial charge >= 0.3 is 0 Å². The molecular weight excluding hydrogens is 343 g/mol. The van der Waals surface area contributed by atoms with E-state index in [1.54, 1.807) is 24.0 Å². The lowest BCUT2D eigenvalue weighted by molar-refractivity contribution is -0.138. The van der Waals surface area contributed by atoms with Crippen molar-refractivity contribution in [2.75, 3.05) is 27.2 Å². The number of hydrogen-bond acceptors (Lipinski definition) is 2. The molecule has 2 N–H and O–H groups in total. The monoisotopic (exact) mass is 376 g/mol. The van der Waals surface area contributed by atoms with E-state index < -0.39 is 5.41 Å². The van der Waals surface area contributed by atoms with Gasteiger partial charge in [-0.25, -0.2) is 4.39 Å². The van der Waals surface area contributed by atoms with Crippen LogP contribution in [-0.4, -0.2) is 44.0 Å². The Morgan fingerprint density at radius 3 is 2.56 bits per heavy atom. The second-order valence-corrected chi connectivity index (χ2v) is 7.76. The van der Waals surface area contributed by atoms with Gasteiger partial charge in [0.05, 0.1) is 18.0 Å². The maximum Gasteiger partial charge on any atom is 0.230 e. The van der Waals surface area contributed by atoms with Gasteiger partial charge in [-0.2, -0.15) is 0 Å². The zero-order chi connectivity index (χ0) is 20.0. The van der Waals surface area contributed by atoms with Gasteiger partial charge < -0.3 is 15.5 Å². The smallest absolute Gasteiger partial charge is 0.230 e. The number of aryl methyl sites for hydroxylation is 1. The maximum atomic E-state index is 13.9. The van der Waals surface area contributed by atoms with Crippen LogP contribution in [0.5, 0.6) is 0 Å². The summed E-state index contributed by atoms with van der Waals surface area (Å²) in [5.74, 6) is 0.613. The number of nitrogens with zero attached hydrogens (tertiary/aromatic N) is 2. The number of benzene rings is 1. The first-order chi connectivity index (χ1) is 12.8. The molecule has 27 heavy (non-hydrogen) atoms. The zero-order valence-electron chi connectivity index (χ0n) is 17.2. The van der Waals surface area contributed by atoms with Crippen LogP contribution in [-0.2, 0) is 4.79 Å². The highest BCUT2D eigenvalue weighted by atomic mass is 19.1. The van der Waals surface area contributed by atoms with Crippen molar-refractivity contribution in [1.82, 2.24) is 15.5 Å². The first kappa shape index (κ1) is 21.2. The maximum absolute atomic E-state index is 13.9. The Balaban J connectivity index is 2.15. The molecule has 1 aliphatic carbocycles. The van der Waals surface area contributed by atoms with Gasteiger partial charge in [-0.1, -0.05) is 25.0 Å². The van der Waals surface area contributed by atoms with Crippen molar-refractivity contribution in [1.29, 1.82) is 0 Å². The van der Waals surface area contributed by atoms with Crippen molar-refractivity contribution < 1.29 is 9.18 Å². The molecule has 1 atom stereocenters. The van der Waals surface area contributed by atoms with Crippen LogP contribution in [0, 0.1) is 18.2 Å². The fourth-order valence-electron chi connectivity index (χ4n) is 3.68. The Hall–Kier alpha value is -2.11. The summed E-state index contributed by atoms with van der Waals surface area (Å²) < 4.78 is 13.9. The number of nitrogens with one attached hydrogen (secondary N) is 2. The summed E-state index contributed by atoms with van der Waals surface area (Å²) in [7, 11) is 3.62. The fourth-order valence-corrected chi connectivity index (χ4v) is 3.68. The second-order valence-electron chi connectivity index (χ2n) is 7.76. The van der Waals surface area contributed by atoms with Gasteiger partial charge in [-0.3, -0.25) is 9.79 Å². The van der Waals surface area contributed by atoms with Crippen LogP contribution in [0.25, 0.3) is 0 Å². The van der Waals surface area contributed by atoms with E-state index >= 15 is 0 Å². The lowest BCUT2D eigenvalue weighted by Gasteiger charge is -2.29. The van der Waals surface area contributed by atoms with Crippen LogP contribution in [0.3, 0.4) is 0 Å². The summed E-state index contributed by atoms with van der Waals surface area (Å²) in [5.41, 5.74) is 1.10. The van der Waals surface area contributed by atoms with E-state index in [0.29, 0.717) is 18.1 Å². The molecule has 1 amide bonds. The summed E-state index contributed by atoms with van der Waals surface area (Å²) in [5, 5.41) is 6.58. The number of rotatable bonds is 6. The average molecular weight is 377 g/mol.